The van der Waals surface area contributed by atoms with Gasteiger partial charge in [-0.05, 0) is 11.8 Å². The number of rotatable bonds is 3. The van der Waals surface area contributed by atoms with Crippen molar-refractivity contribution in [1.29, 1.82) is 0 Å². The highest BCUT2D eigenvalue weighted by atomic mass is 16.2. The highest BCUT2D eigenvalue weighted by molar-refractivity contribution is 5.78. The van der Waals surface area contributed by atoms with Crippen LogP contribution in [0.25, 0.3) is 0 Å². The lowest BCUT2D eigenvalue weighted by Crippen LogP contribution is -2.38. The molecular weight excluding hydrogens is 176 g/mol. The van der Waals surface area contributed by atoms with Crippen molar-refractivity contribution in [2.75, 3.05) is 26.2 Å². The normalized spacial score (nSPS) is 22.2. The number of hydrogen-bond donors (Lipinski definition) is 1. The molecule has 1 N–H and O–H groups in total. The standard InChI is InChI=1S/C11H22N2O/c1-4-5-6-13-9-11(2,3)8-12-7-10(13)14/h12H,4-9H2,1-3H3. The molecule has 82 valence electrons. The largest absolute Gasteiger partial charge is 0.341 e. The van der Waals surface area contributed by atoms with Crippen molar-refractivity contribution in [2.45, 2.75) is 33.6 Å². The van der Waals surface area contributed by atoms with Crippen molar-refractivity contribution in [3.63, 3.8) is 0 Å². The van der Waals surface area contributed by atoms with E-state index in [4.69, 9.17) is 0 Å². The zero-order chi connectivity index (χ0) is 10.6. The Morgan fingerprint density at radius 3 is 2.86 bits per heavy atom. The van der Waals surface area contributed by atoms with Crippen LogP contribution < -0.4 is 5.32 Å². The highest BCUT2D eigenvalue weighted by Crippen LogP contribution is 2.18. The smallest absolute Gasteiger partial charge is 0.236 e. The number of hydrogen-bond acceptors (Lipinski definition) is 2. The Morgan fingerprint density at radius 2 is 2.21 bits per heavy atom. The summed E-state index contributed by atoms with van der Waals surface area (Å²) in [6.07, 6.45) is 2.26. The average Bonchev–Trinajstić information content (AvgIpc) is 2.22. The van der Waals surface area contributed by atoms with Crippen LogP contribution >= 0.6 is 0 Å². The van der Waals surface area contributed by atoms with Crippen LogP contribution in [0, 0.1) is 5.41 Å². The van der Waals surface area contributed by atoms with E-state index in [1.54, 1.807) is 0 Å². The Bertz CT molecular complexity index is 201. The first-order chi connectivity index (χ1) is 6.55. The second-order valence-corrected chi connectivity index (χ2v) is 4.94. The van der Waals surface area contributed by atoms with Crippen LogP contribution in [0.3, 0.4) is 0 Å². The van der Waals surface area contributed by atoms with E-state index in [0.29, 0.717) is 6.54 Å². The van der Waals surface area contributed by atoms with Gasteiger partial charge in [0.1, 0.15) is 0 Å². The van der Waals surface area contributed by atoms with Gasteiger partial charge in [-0.3, -0.25) is 4.79 Å². The summed E-state index contributed by atoms with van der Waals surface area (Å²) in [6.45, 7) is 9.81. The van der Waals surface area contributed by atoms with E-state index in [2.05, 4.69) is 26.1 Å². The van der Waals surface area contributed by atoms with Crippen molar-refractivity contribution < 1.29 is 4.79 Å². The molecule has 0 bridgehead atoms. The third-order valence-electron chi connectivity index (χ3n) is 2.63. The van der Waals surface area contributed by atoms with E-state index in [9.17, 15) is 4.79 Å². The van der Waals surface area contributed by atoms with Crippen molar-refractivity contribution in [2.24, 2.45) is 5.41 Å². The molecule has 0 unspecified atom stereocenters. The topological polar surface area (TPSA) is 32.3 Å². The SMILES string of the molecule is CCCCN1CC(C)(C)CNCC1=O. The van der Waals surface area contributed by atoms with Gasteiger partial charge in [-0.1, -0.05) is 27.2 Å². The fraction of sp³-hybridized carbons (Fsp3) is 0.909. The van der Waals surface area contributed by atoms with Gasteiger partial charge < -0.3 is 10.2 Å². The lowest BCUT2D eigenvalue weighted by molar-refractivity contribution is -0.130. The minimum absolute atomic E-state index is 0.208. The van der Waals surface area contributed by atoms with E-state index in [0.717, 1.165) is 32.5 Å². The van der Waals surface area contributed by atoms with Gasteiger partial charge in [0, 0.05) is 19.6 Å². The Labute approximate surface area is 86.9 Å². The van der Waals surface area contributed by atoms with Crippen molar-refractivity contribution >= 4 is 5.91 Å². The molecule has 0 spiro atoms. The summed E-state index contributed by atoms with van der Waals surface area (Å²) in [7, 11) is 0. The number of nitrogens with zero attached hydrogens (tertiary/aromatic N) is 1. The summed E-state index contributed by atoms with van der Waals surface area (Å²) in [4.78, 5) is 13.7. The highest BCUT2D eigenvalue weighted by Gasteiger charge is 2.27. The Kier molecular flexibility index (Phi) is 3.93. The molecule has 1 rings (SSSR count). The van der Waals surface area contributed by atoms with Crippen LogP contribution in [0.4, 0.5) is 0 Å². The lowest BCUT2D eigenvalue weighted by atomic mass is 9.93. The molecule has 1 fully saturated rings. The lowest BCUT2D eigenvalue weighted by Gasteiger charge is -2.29. The molecule has 0 aromatic carbocycles. The number of unbranched alkanes of at least 4 members (excludes halogenated alkanes) is 1. The van der Waals surface area contributed by atoms with Crippen LogP contribution in [-0.2, 0) is 4.79 Å². The zero-order valence-corrected chi connectivity index (χ0v) is 9.60. The number of amides is 1. The van der Waals surface area contributed by atoms with Crippen molar-refractivity contribution in [3.05, 3.63) is 0 Å². The fourth-order valence-corrected chi connectivity index (χ4v) is 1.83. The van der Waals surface area contributed by atoms with E-state index in [1.807, 2.05) is 4.90 Å². The summed E-state index contributed by atoms with van der Waals surface area (Å²) < 4.78 is 0. The predicted octanol–water partition coefficient (Wildman–Crippen LogP) is 1.24. The van der Waals surface area contributed by atoms with Crippen molar-refractivity contribution in [3.8, 4) is 0 Å². The molecule has 14 heavy (non-hydrogen) atoms. The summed E-state index contributed by atoms with van der Waals surface area (Å²) in [6, 6.07) is 0. The van der Waals surface area contributed by atoms with Crippen LogP contribution in [0.1, 0.15) is 33.6 Å². The molecule has 1 heterocycles. The molecule has 0 aromatic rings. The first-order valence-electron chi connectivity index (χ1n) is 5.54. The maximum absolute atomic E-state index is 11.7. The second-order valence-electron chi connectivity index (χ2n) is 4.94. The minimum Gasteiger partial charge on any atom is -0.341 e. The quantitative estimate of drug-likeness (QED) is 0.740. The van der Waals surface area contributed by atoms with Gasteiger partial charge in [0.25, 0.3) is 0 Å². The Morgan fingerprint density at radius 1 is 1.50 bits per heavy atom. The number of nitrogens with one attached hydrogen (secondary N) is 1. The molecule has 0 radical (unpaired) electrons. The summed E-state index contributed by atoms with van der Waals surface area (Å²) in [5.41, 5.74) is 0.208. The third-order valence-corrected chi connectivity index (χ3v) is 2.63. The maximum Gasteiger partial charge on any atom is 0.236 e. The van der Waals surface area contributed by atoms with Gasteiger partial charge in [0.05, 0.1) is 6.54 Å². The predicted molar refractivity (Wildman–Crippen MR) is 58.1 cm³/mol. The summed E-state index contributed by atoms with van der Waals surface area (Å²) >= 11 is 0. The van der Waals surface area contributed by atoms with Crippen LogP contribution in [0.2, 0.25) is 0 Å². The van der Waals surface area contributed by atoms with Gasteiger partial charge in [-0.15, -0.1) is 0 Å². The third kappa shape index (κ3) is 3.29. The second kappa shape index (κ2) is 4.78. The molecule has 3 heteroatoms. The molecule has 1 saturated heterocycles. The summed E-state index contributed by atoms with van der Waals surface area (Å²) in [5, 5.41) is 3.20. The Balaban J connectivity index is 2.55. The first kappa shape index (κ1) is 11.5. The van der Waals surface area contributed by atoms with Gasteiger partial charge in [0.2, 0.25) is 5.91 Å². The molecule has 1 aliphatic rings. The number of carbonyl (C=O) groups is 1. The molecular formula is C11H22N2O. The van der Waals surface area contributed by atoms with Crippen LogP contribution in [-0.4, -0.2) is 37.0 Å². The van der Waals surface area contributed by atoms with Gasteiger partial charge in [-0.2, -0.15) is 0 Å². The molecule has 1 aliphatic heterocycles. The van der Waals surface area contributed by atoms with E-state index < -0.39 is 0 Å². The van der Waals surface area contributed by atoms with Crippen molar-refractivity contribution in [1.82, 2.24) is 10.2 Å². The van der Waals surface area contributed by atoms with E-state index >= 15 is 0 Å². The fourth-order valence-electron chi connectivity index (χ4n) is 1.83. The zero-order valence-electron chi connectivity index (χ0n) is 9.60. The molecule has 1 amide bonds. The molecule has 3 nitrogen and oxygen atoms in total. The Hall–Kier alpha value is -0.570. The van der Waals surface area contributed by atoms with Crippen LogP contribution in [0.5, 0.6) is 0 Å². The van der Waals surface area contributed by atoms with E-state index in [1.165, 1.54) is 0 Å². The molecule has 0 aliphatic carbocycles. The minimum atomic E-state index is 0.208. The van der Waals surface area contributed by atoms with E-state index in [-0.39, 0.29) is 11.3 Å². The van der Waals surface area contributed by atoms with Gasteiger partial charge in [-0.25, -0.2) is 0 Å². The molecule has 0 atom stereocenters. The summed E-state index contributed by atoms with van der Waals surface area (Å²) in [5.74, 6) is 0.254. The number of carbonyl (C=O) groups excluding carboxylic acids is 1. The van der Waals surface area contributed by atoms with Crippen LogP contribution in [0.15, 0.2) is 0 Å². The average molecular weight is 198 g/mol. The molecule has 0 saturated carbocycles. The monoisotopic (exact) mass is 198 g/mol. The maximum atomic E-state index is 11.7. The van der Waals surface area contributed by atoms with Gasteiger partial charge in [0.15, 0.2) is 0 Å². The molecule has 0 aromatic heterocycles. The van der Waals surface area contributed by atoms with Gasteiger partial charge >= 0.3 is 0 Å². The first-order valence-corrected chi connectivity index (χ1v) is 5.54.